The molecule has 24 heavy (non-hydrogen) atoms. The lowest BCUT2D eigenvalue weighted by Crippen LogP contribution is -2.59. The van der Waals surface area contributed by atoms with Crippen molar-refractivity contribution in [3.63, 3.8) is 0 Å². The van der Waals surface area contributed by atoms with Gasteiger partial charge in [0.05, 0.1) is 5.60 Å². The largest absolute Gasteiger partial charge is 0.387 e. The molecule has 0 amide bonds. The fourth-order valence-electron chi connectivity index (χ4n) is 3.60. The smallest absolute Gasteiger partial charge is 0.0899 e. The van der Waals surface area contributed by atoms with Crippen molar-refractivity contribution in [2.45, 2.75) is 37.6 Å². The summed E-state index contributed by atoms with van der Waals surface area (Å²) in [5.41, 5.74) is 1.71. The summed E-state index contributed by atoms with van der Waals surface area (Å²) in [6.45, 7) is 3.32. The highest BCUT2D eigenvalue weighted by molar-refractivity contribution is 6.30. The standard InChI is InChI=1S/C20H25ClN2O/c1-20(24)14-23(2)18(16-8-10-17(21)11-9-16)12-19(20)22-13-15-6-4-3-5-7-15/h3-11,18-19,22,24H,12-14H2,1-2H3. The fraction of sp³-hybridized carbons (Fsp3) is 0.400. The summed E-state index contributed by atoms with van der Waals surface area (Å²) in [6.07, 6.45) is 0.859. The molecule has 0 spiro atoms. The number of hydrogen-bond acceptors (Lipinski definition) is 3. The second kappa shape index (κ2) is 7.24. The number of β-amino-alcohol motifs (C(OH)–C–C–N with tert-alkyl or cyclic N) is 1. The lowest BCUT2D eigenvalue weighted by molar-refractivity contribution is -0.0574. The van der Waals surface area contributed by atoms with Crippen LogP contribution >= 0.6 is 11.6 Å². The topological polar surface area (TPSA) is 35.5 Å². The van der Waals surface area contributed by atoms with Gasteiger partial charge in [0.1, 0.15) is 0 Å². The summed E-state index contributed by atoms with van der Waals surface area (Å²) < 4.78 is 0. The molecular formula is C20H25ClN2O. The molecule has 0 bridgehead atoms. The van der Waals surface area contributed by atoms with Gasteiger partial charge in [0.15, 0.2) is 0 Å². The number of likely N-dealkylation sites (N-methyl/N-ethyl adjacent to an activating group) is 1. The summed E-state index contributed by atoms with van der Waals surface area (Å²) in [7, 11) is 2.07. The number of nitrogens with one attached hydrogen (secondary N) is 1. The molecule has 0 radical (unpaired) electrons. The molecule has 4 heteroatoms. The average molecular weight is 345 g/mol. The Morgan fingerprint density at radius 3 is 2.50 bits per heavy atom. The fourth-order valence-corrected chi connectivity index (χ4v) is 3.72. The summed E-state index contributed by atoms with van der Waals surface area (Å²) in [6, 6.07) is 18.7. The van der Waals surface area contributed by atoms with Crippen LogP contribution in [0.3, 0.4) is 0 Å². The second-order valence-corrected chi connectivity index (χ2v) is 7.43. The molecule has 2 aromatic rings. The Morgan fingerprint density at radius 2 is 1.83 bits per heavy atom. The molecule has 2 aromatic carbocycles. The first-order valence-electron chi connectivity index (χ1n) is 8.41. The molecule has 0 saturated carbocycles. The molecule has 1 aliphatic rings. The monoisotopic (exact) mass is 344 g/mol. The minimum atomic E-state index is -0.757. The van der Waals surface area contributed by atoms with Crippen LogP contribution in [0.25, 0.3) is 0 Å². The highest BCUT2D eigenvalue weighted by Crippen LogP contribution is 2.34. The number of aliphatic hydroxyl groups is 1. The Kier molecular flexibility index (Phi) is 5.26. The Morgan fingerprint density at radius 1 is 1.17 bits per heavy atom. The number of piperidine rings is 1. The van der Waals surface area contributed by atoms with E-state index in [1.165, 1.54) is 11.1 Å². The molecule has 3 rings (SSSR count). The first-order valence-corrected chi connectivity index (χ1v) is 8.79. The van der Waals surface area contributed by atoms with Gasteiger partial charge in [-0.25, -0.2) is 0 Å². The maximum Gasteiger partial charge on any atom is 0.0899 e. The third kappa shape index (κ3) is 3.98. The van der Waals surface area contributed by atoms with Gasteiger partial charge >= 0.3 is 0 Å². The van der Waals surface area contributed by atoms with Gasteiger partial charge in [-0.2, -0.15) is 0 Å². The molecule has 1 saturated heterocycles. The predicted octanol–water partition coefficient (Wildman–Crippen LogP) is 3.63. The molecule has 3 unspecified atom stereocenters. The van der Waals surface area contributed by atoms with Crippen LogP contribution in [0.4, 0.5) is 0 Å². The number of benzene rings is 2. The molecule has 2 N–H and O–H groups in total. The molecule has 128 valence electrons. The van der Waals surface area contributed by atoms with Crippen LogP contribution in [0.1, 0.15) is 30.5 Å². The number of halogens is 1. The van der Waals surface area contributed by atoms with Crippen LogP contribution in [0, 0.1) is 0 Å². The van der Waals surface area contributed by atoms with E-state index < -0.39 is 5.60 Å². The highest BCUT2D eigenvalue weighted by Gasteiger charge is 2.41. The van der Waals surface area contributed by atoms with Crippen LogP contribution in [0.2, 0.25) is 5.02 Å². The van der Waals surface area contributed by atoms with Gasteiger partial charge in [-0.05, 0) is 43.7 Å². The van der Waals surface area contributed by atoms with Gasteiger partial charge in [0.25, 0.3) is 0 Å². The predicted molar refractivity (Wildman–Crippen MR) is 99.1 cm³/mol. The summed E-state index contributed by atoms with van der Waals surface area (Å²) in [5.74, 6) is 0. The highest BCUT2D eigenvalue weighted by atomic mass is 35.5. The van der Waals surface area contributed by atoms with Crippen LogP contribution in [0.15, 0.2) is 54.6 Å². The molecule has 1 fully saturated rings. The molecule has 3 atom stereocenters. The SMILES string of the molecule is CN1CC(C)(O)C(NCc2ccccc2)CC1c1ccc(Cl)cc1. The lowest BCUT2D eigenvalue weighted by atomic mass is 9.82. The molecule has 3 nitrogen and oxygen atoms in total. The Balaban J connectivity index is 1.73. The van der Waals surface area contributed by atoms with Gasteiger partial charge in [-0.3, -0.25) is 4.90 Å². The van der Waals surface area contributed by atoms with Crippen molar-refractivity contribution in [3.05, 3.63) is 70.7 Å². The maximum atomic E-state index is 10.9. The Labute approximate surface area is 149 Å². The van der Waals surface area contributed by atoms with Crippen LogP contribution < -0.4 is 5.32 Å². The van der Waals surface area contributed by atoms with Crippen LogP contribution in [-0.2, 0) is 6.54 Å². The van der Waals surface area contributed by atoms with E-state index >= 15 is 0 Å². The van der Waals surface area contributed by atoms with Crippen molar-refractivity contribution < 1.29 is 5.11 Å². The molecular weight excluding hydrogens is 320 g/mol. The van der Waals surface area contributed by atoms with E-state index in [0.717, 1.165) is 18.0 Å². The van der Waals surface area contributed by atoms with Crippen LogP contribution in [-0.4, -0.2) is 35.2 Å². The zero-order chi connectivity index (χ0) is 17.2. The molecule has 0 aliphatic carbocycles. The maximum absolute atomic E-state index is 10.9. The minimum Gasteiger partial charge on any atom is -0.387 e. The van der Waals surface area contributed by atoms with Crippen molar-refractivity contribution in [3.8, 4) is 0 Å². The average Bonchev–Trinajstić information content (AvgIpc) is 2.55. The third-order valence-corrected chi connectivity index (χ3v) is 5.21. The zero-order valence-electron chi connectivity index (χ0n) is 14.2. The second-order valence-electron chi connectivity index (χ2n) is 6.99. The minimum absolute atomic E-state index is 0.0367. The van der Waals surface area contributed by atoms with Crippen molar-refractivity contribution in [1.29, 1.82) is 0 Å². The number of nitrogens with zero attached hydrogens (tertiary/aromatic N) is 1. The molecule has 0 aromatic heterocycles. The molecule has 1 aliphatic heterocycles. The summed E-state index contributed by atoms with van der Waals surface area (Å²) >= 11 is 6.01. The van der Waals surface area contributed by atoms with E-state index in [-0.39, 0.29) is 12.1 Å². The lowest BCUT2D eigenvalue weighted by Gasteiger charge is -2.46. The van der Waals surface area contributed by atoms with Crippen molar-refractivity contribution in [2.24, 2.45) is 0 Å². The van der Waals surface area contributed by atoms with Gasteiger partial charge in [0, 0.05) is 30.2 Å². The van der Waals surface area contributed by atoms with E-state index in [1.54, 1.807) is 0 Å². The summed E-state index contributed by atoms with van der Waals surface area (Å²) in [4.78, 5) is 2.23. The number of hydrogen-bond donors (Lipinski definition) is 2. The van der Waals surface area contributed by atoms with E-state index in [4.69, 9.17) is 11.6 Å². The molecule has 1 heterocycles. The Bertz CT molecular complexity index is 657. The third-order valence-electron chi connectivity index (χ3n) is 4.96. The Hall–Kier alpha value is -1.39. The summed E-state index contributed by atoms with van der Waals surface area (Å²) in [5, 5.41) is 15.2. The van der Waals surface area contributed by atoms with Crippen LogP contribution in [0.5, 0.6) is 0 Å². The van der Waals surface area contributed by atoms with E-state index in [2.05, 4.69) is 41.5 Å². The van der Waals surface area contributed by atoms with Crippen molar-refractivity contribution in [1.82, 2.24) is 10.2 Å². The number of rotatable bonds is 4. The van der Waals surface area contributed by atoms with Gasteiger partial charge in [-0.1, -0.05) is 54.1 Å². The zero-order valence-corrected chi connectivity index (χ0v) is 15.0. The van der Waals surface area contributed by atoms with Gasteiger partial charge < -0.3 is 10.4 Å². The first-order chi connectivity index (χ1) is 11.5. The van der Waals surface area contributed by atoms with E-state index in [9.17, 15) is 5.11 Å². The van der Waals surface area contributed by atoms with E-state index in [1.807, 2.05) is 37.3 Å². The van der Waals surface area contributed by atoms with Crippen molar-refractivity contribution in [2.75, 3.05) is 13.6 Å². The quantitative estimate of drug-likeness (QED) is 0.889. The first kappa shape index (κ1) is 17.4. The van der Waals surface area contributed by atoms with Gasteiger partial charge in [-0.15, -0.1) is 0 Å². The van der Waals surface area contributed by atoms with Crippen molar-refractivity contribution >= 4 is 11.6 Å². The number of likely N-dealkylation sites (tertiary alicyclic amines) is 1. The van der Waals surface area contributed by atoms with E-state index in [0.29, 0.717) is 6.54 Å². The normalized spacial score (nSPS) is 28.0. The van der Waals surface area contributed by atoms with Gasteiger partial charge in [0.2, 0.25) is 0 Å².